The van der Waals surface area contributed by atoms with E-state index in [-0.39, 0.29) is 33.2 Å². The van der Waals surface area contributed by atoms with Crippen LogP contribution < -0.4 is 4.74 Å². The zero-order valence-corrected chi connectivity index (χ0v) is 18.3. The van der Waals surface area contributed by atoms with E-state index in [2.05, 4.69) is 0 Å². The van der Waals surface area contributed by atoms with Crippen LogP contribution in [0.4, 0.5) is 10.5 Å². The van der Waals surface area contributed by atoms with Gasteiger partial charge in [-0.25, -0.2) is 13.9 Å². The lowest BCUT2D eigenvalue weighted by Gasteiger charge is -2.27. The van der Waals surface area contributed by atoms with Crippen LogP contribution >= 0.6 is 0 Å². The third kappa shape index (κ3) is 3.68. The number of likely N-dealkylation sites (tertiary alicyclic amines) is 1. The van der Waals surface area contributed by atoms with Gasteiger partial charge in [0.2, 0.25) is 5.91 Å². The Morgan fingerprint density at radius 2 is 1.91 bits per heavy atom. The molecule has 0 aliphatic carbocycles. The molecule has 1 fully saturated rings. The number of carbonyl (C=O) groups excluding carboxylic acids is 2. The van der Waals surface area contributed by atoms with Crippen LogP contribution in [0.2, 0.25) is 0 Å². The van der Waals surface area contributed by atoms with E-state index in [0.717, 1.165) is 4.90 Å². The number of rotatable bonds is 3. The summed E-state index contributed by atoms with van der Waals surface area (Å²) < 4.78 is 24.6. The van der Waals surface area contributed by atoms with Crippen LogP contribution in [0.5, 0.6) is 11.5 Å². The van der Waals surface area contributed by atoms with E-state index in [1.54, 1.807) is 20.8 Å². The minimum absolute atomic E-state index is 0.0212. The van der Waals surface area contributed by atoms with Crippen molar-refractivity contribution in [2.45, 2.75) is 54.7 Å². The summed E-state index contributed by atoms with van der Waals surface area (Å²) in [4.78, 5) is 36.8. The minimum atomic E-state index is -1.97. The third-order valence-electron chi connectivity index (χ3n) is 5.02. The fraction of sp³-hybridized carbons (Fsp3) is 0.333. The molecule has 0 radical (unpaired) electrons. The number of nitrogens with zero attached hydrogens (tertiary/aromatic N) is 2. The molecule has 10 nitrogen and oxygen atoms in total. The number of hydrogen-bond donors (Lipinski definition) is 1. The summed E-state index contributed by atoms with van der Waals surface area (Å²) in [5.41, 5.74) is -0.765. The highest BCUT2D eigenvalue weighted by Gasteiger charge is 2.53. The molecule has 2 aromatic carbocycles. The molecule has 0 spiro atoms. The molecule has 0 aromatic heterocycles. The van der Waals surface area contributed by atoms with E-state index in [4.69, 9.17) is 9.47 Å². The van der Waals surface area contributed by atoms with Crippen molar-refractivity contribution >= 4 is 28.5 Å². The standard InChI is InChI=1S/C21H20N2O8S/c1-21(2,3)31-20(26)22-16(25)10-15-18(22)17-14(30-15)9-8-13(24)19(17)32(29)12-6-4-11(5-7-12)23(27)28/h4-9,15,18,24H,10H2,1-3H3/t15-,18+,32?/m1/s1. The highest BCUT2D eigenvalue weighted by molar-refractivity contribution is 7.85. The van der Waals surface area contributed by atoms with Gasteiger partial charge in [0.1, 0.15) is 29.2 Å². The maximum absolute atomic E-state index is 13.4. The summed E-state index contributed by atoms with van der Waals surface area (Å²) >= 11 is 0. The van der Waals surface area contributed by atoms with Gasteiger partial charge in [-0.2, -0.15) is 0 Å². The number of ether oxygens (including phenoxy) is 2. The number of imide groups is 1. The second-order valence-corrected chi connectivity index (χ2v) is 9.81. The van der Waals surface area contributed by atoms with E-state index < -0.39 is 45.5 Å². The smallest absolute Gasteiger partial charge is 0.417 e. The van der Waals surface area contributed by atoms with Gasteiger partial charge < -0.3 is 14.6 Å². The molecule has 4 rings (SSSR count). The van der Waals surface area contributed by atoms with Crippen LogP contribution in [0.1, 0.15) is 38.8 Å². The molecule has 32 heavy (non-hydrogen) atoms. The Hall–Kier alpha value is -3.47. The number of phenols is 1. The van der Waals surface area contributed by atoms with E-state index in [1.165, 1.54) is 36.4 Å². The minimum Gasteiger partial charge on any atom is -0.507 e. The summed E-state index contributed by atoms with van der Waals surface area (Å²) in [7, 11) is -1.97. The van der Waals surface area contributed by atoms with E-state index in [9.17, 15) is 29.0 Å². The highest BCUT2D eigenvalue weighted by Crippen LogP contribution is 2.51. The van der Waals surface area contributed by atoms with Gasteiger partial charge in [-0.15, -0.1) is 0 Å². The Morgan fingerprint density at radius 1 is 1.25 bits per heavy atom. The Labute approximate surface area is 185 Å². The van der Waals surface area contributed by atoms with Crippen molar-refractivity contribution in [1.82, 2.24) is 4.90 Å². The van der Waals surface area contributed by atoms with Crippen LogP contribution in [0.15, 0.2) is 46.2 Å². The SMILES string of the molecule is CC(C)(C)OC(=O)N1C(=O)C[C@H]2Oc3ccc(O)c(S(=O)c4ccc([N+](=O)[O-])cc4)c3[C@H]21. The molecule has 2 aliphatic heterocycles. The fourth-order valence-electron chi connectivity index (χ4n) is 3.77. The Morgan fingerprint density at radius 3 is 2.50 bits per heavy atom. The number of non-ortho nitro benzene ring substituents is 1. The molecule has 2 aromatic rings. The summed E-state index contributed by atoms with van der Waals surface area (Å²) in [6.45, 7) is 5.01. The molecular formula is C21H20N2O8S. The molecule has 1 saturated heterocycles. The molecule has 2 aliphatic rings. The Balaban J connectivity index is 1.78. The van der Waals surface area contributed by atoms with Crippen molar-refractivity contribution < 1.29 is 33.3 Å². The number of carbonyl (C=O) groups is 2. The number of fused-ring (bicyclic) bond motifs is 3. The lowest BCUT2D eigenvalue weighted by Crippen LogP contribution is -2.39. The van der Waals surface area contributed by atoms with Crippen LogP contribution in [-0.4, -0.2) is 42.8 Å². The summed E-state index contributed by atoms with van der Waals surface area (Å²) in [6.07, 6.45) is -1.65. The van der Waals surface area contributed by atoms with Crippen molar-refractivity contribution in [3.8, 4) is 11.5 Å². The molecule has 3 atom stereocenters. The van der Waals surface area contributed by atoms with E-state index in [1.807, 2.05) is 0 Å². The lowest BCUT2D eigenvalue weighted by atomic mass is 10.0. The van der Waals surface area contributed by atoms with Crippen LogP contribution in [0.25, 0.3) is 0 Å². The zero-order chi connectivity index (χ0) is 23.4. The first kappa shape index (κ1) is 21.8. The molecule has 168 valence electrons. The Kier molecular flexibility index (Phi) is 5.16. The maximum Gasteiger partial charge on any atom is 0.417 e. The number of amides is 2. The Bertz CT molecular complexity index is 1160. The van der Waals surface area contributed by atoms with Gasteiger partial charge in [0.05, 0.1) is 27.0 Å². The maximum atomic E-state index is 13.4. The van der Waals surface area contributed by atoms with Gasteiger partial charge in [-0.1, -0.05) is 0 Å². The fourth-order valence-corrected chi connectivity index (χ4v) is 5.07. The largest absolute Gasteiger partial charge is 0.507 e. The molecule has 2 heterocycles. The van der Waals surface area contributed by atoms with E-state index in [0.29, 0.717) is 5.75 Å². The normalized spacial score (nSPS) is 20.3. The van der Waals surface area contributed by atoms with E-state index >= 15 is 0 Å². The molecule has 0 bridgehead atoms. The van der Waals surface area contributed by atoms with Crippen LogP contribution in [0, 0.1) is 10.1 Å². The number of benzene rings is 2. The first-order valence-electron chi connectivity index (χ1n) is 9.71. The van der Waals surface area contributed by atoms with Gasteiger partial charge in [0.15, 0.2) is 0 Å². The molecular weight excluding hydrogens is 440 g/mol. The molecule has 0 saturated carbocycles. The molecule has 2 amide bonds. The van der Waals surface area contributed by atoms with Crippen molar-refractivity contribution in [3.05, 3.63) is 52.1 Å². The monoisotopic (exact) mass is 460 g/mol. The average molecular weight is 460 g/mol. The van der Waals surface area contributed by atoms with Gasteiger partial charge in [-0.05, 0) is 45.0 Å². The zero-order valence-electron chi connectivity index (χ0n) is 17.4. The van der Waals surface area contributed by atoms with Gasteiger partial charge >= 0.3 is 6.09 Å². The number of phenolic OH excluding ortho intramolecular Hbond substituents is 1. The number of nitro benzene ring substituents is 1. The lowest BCUT2D eigenvalue weighted by molar-refractivity contribution is -0.384. The predicted octanol–water partition coefficient (Wildman–Crippen LogP) is 3.44. The average Bonchev–Trinajstić information content (AvgIpc) is 3.20. The topological polar surface area (TPSA) is 136 Å². The third-order valence-corrected chi connectivity index (χ3v) is 6.52. The second-order valence-electron chi connectivity index (χ2n) is 8.39. The first-order valence-corrected chi connectivity index (χ1v) is 10.9. The predicted molar refractivity (Wildman–Crippen MR) is 111 cm³/mol. The molecule has 1 N–H and O–H groups in total. The summed E-state index contributed by atoms with van der Waals surface area (Å²) in [6, 6.07) is 6.95. The summed E-state index contributed by atoms with van der Waals surface area (Å²) in [5, 5.41) is 21.5. The van der Waals surface area contributed by atoms with Crippen molar-refractivity contribution in [3.63, 3.8) is 0 Å². The second kappa shape index (κ2) is 7.59. The van der Waals surface area contributed by atoms with Crippen molar-refractivity contribution in [2.75, 3.05) is 0 Å². The first-order chi connectivity index (χ1) is 15.0. The molecule has 1 unspecified atom stereocenters. The van der Waals surface area contributed by atoms with Gasteiger partial charge in [-0.3, -0.25) is 14.9 Å². The van der Waals surface area contributed by atoms with Crippen molar-refractivity contribution in [2.24, 2.45) is 0 Å². The molecule has 11 heteroatoms. The number of nitro groups is 1. The van der Waals surface area contributed by atoms with Crippen LogP contribution in [0.3, 0.4) is 0 Å². The highest BCUT2D eigenvalue weighted by atomic mass is 32.2. The summed E-state index contributed by atoms with van der Waals surface area (Å²) in [5.74, 6) is -0.521. The van der Waals surface area contributed by atoms with Crippen LogP contribution in [-0.2, 0) is 20.3 Å². The number of aromatic hydroxyl groups is 1. The number of hydrogen-bond acceptors (Lipinski definition) is 8. The van der Waals surface area contributed by atoms with Gasteiger partial charge in [0, 0.05) is 22.6 Å². The van der Waals surface area contributed by atoms with Crippen molar-refractivity contribution in [1.29, 1.82) is 0 Å². The van der Waals surface area contributed by atoms with Gasteiger partial charge in [0.25, 0.3) is 5.69 Å². The quantitative estimate of drug-likeness (QED) is 0.543.